The van der Waals surface area contributed by atoms with Gasteiger partial charge in [-0.1, -0.05) is 0 Å². The van der Waals surface area contributed by atoms with Gasteiger partial charge in [0.1, 0.15) is 0 Å². The van der Waals surface area contributed by atoms with E-state index in [9.17, 15) is 9.90 Å². The van der Waals surface area contributed by atoms with Crippen molar-refractivity contribution in [3.63, 3.8) is 0 Å². The van der Waals surface area contributed by atoms with Gasteiger partial charge in [0, 0.05) is 6.42 Å². The van der Waals surface area contributed by atoms with Gasteiger partial charge in [-0.2, -0.15) is 0 Å². The smallest absolute Gasteiger partial charge is 0.311 e. The molecule has 4 heteroatoms. The third-order valence-corrected chi connectivity index (χ3v) is 1.41. The predicted octanol–water partition coefficient (Wildman–Crippen LogP) is -0.607. The number of hydrogen-bond acceptors (Lipinski definition) is 4. The summed E-state index contributed by atoms with van der Waals surface area (Å²) < 4.78 is 4.38. The SMILES string of the molecule is C[C@]1(O)CC(=O)O[C@@H](O)C1. The number of rotatable bonds is 0. The van der Waals surface area contributed by atoms with Crippen LogP contribution in [0.25, 0.3) is 0 Å². The molecule has 0 saturated carbocycles. The standard InChI is InChI=1S/C6H10O4/c1-6(9)2-4(7)10-5(8)3-6/h4,7,9H,2-3H2,1H3/t4-,6-/m1/s1. The van der Waals surface area contributed by atoms with E-state index in [-0.39, 0.29) is 12.8 Å². The molecule has 0 radical (unpaired) electrons. The maximum Gasteiger partial charge on any atom is 0.311 e. The van der Waals surface area contributed by atoms with Crippen LogP contribution in [0, 0.1) is 0 Å². The summed E-state index contributed by atoms with van der Waals surface area (Å²) in [7, 11) is 0. The number of ether oxygens (including phenoxy) is 1. The quantitative estimate of drug-likeness (QED) is 0.447. The van der Waals surface area contributed by atoms with E-state index in [0.717, 1.165) is 0 Å². The van der Waals surface area contributed by atoms with E-state index >= 15 is 0 Å². The second kappa shape index (κ2) is 2.21. The predicted molar refractivity (Wildman–Crippen MR) is 32.0 cm³/mol. The molecule has 0 unspecified atom stereocenters. The van der Waals surface area contributed by atoms with E-state index in [1.54, 1.807) is 0 Å². The Morgan fingerprint density at radius 2 is 2.40 bits per heavy atom. The molecule has 0 amide bonds. The molecule has 1 aliphatic heterocycles. The molecular formula is C6H10O4. The second-order valence-electron chi connectivity index (χ2n) is 2.82. The topological polar surface area (TPSA) is 66.8 Å². The fraction of sp³-hybridized carbons (Fsp3) is 0.833. The minimum absolute atomic E-state index is 0.0376. The zero-order valence-corrected chi connectivity index (χ0v) is 5.70. The van der Waals surface area contributed by atoms with E-state index in [4.69, 9.17) is 5.11 Å². The molecule has 2 atom stereocenters. The maximum atomic E-state index is 10.5. The van der Waals surface area contributed by atoms with Crippen molar-refractivity contribution in [3.05, 3.63) is 0 Å². The molecule has 0 aliphatic carbocycles. The molecule has 0 aromatic heterocycles. The number of esters is 1. The Morgan fingerprint density at radius 1 is 1.80 bits per heavy atom. The molecule has 58 valence electrons. The van der Waals surface area contributed by atoms with E-state index < -0.39 is 17.9 Å². The highest BCUT2D eigenvalue weighted by Gasteiger charge is 2.34. The summed E-state index contributed by atoms with van der Waals surface area (Å²) in [4.78, 5) is 10.5. The second-order valence-corrected chi connectivity index (χ2v) is 2.82. The molecule has 0 spiro atoms. The zero-order valence-electron chi connectivity index (χ0n) is 5.70. The first kappa shape index (κ1) is 7.50. The number of carbonyl (C=O) groups excluding carboxylic acids is 1. The first-order chi connectivity index (χ1) is 4.49. The Bertz CT molecular complexity index is 152. The lowest BCUT2D eigenvalue weighted by molar-refractivity contribution is -0.197. The Labute approximate surface area is 58.4 Å². The maximum absolute atomic E-state index is 10.5. The summed E-state index contributed by atoms with van der Waals surface area (Å²) in [6, 6.07) is 0. The van der Waals surface area contributed by atoms with Crippen molar-refractivity contribution in [2.24, 2.45) is 0 Å². The van der Waals surface area contributed by atoms with Crippen LogP contribution in [0.1, 0.15) is 19.8 Å². The van der Waals surface area contributed by atoms with Crippen LogP contribution in [0.2, 0.25) is 0 Å². The van der Waals surface area contributed by atoms with Crippen LogP contribution in [-0.2, 0) is 9.53 Å². The lowest BCUT2D eigenvalue weighted by Gasteiger charge is -2.29. The van der Waals surface area contributed by atoms with Crippen LogP contribution in [0.4, 0.5) is 0 Å². The normalized spacial score (nSPS) is 41.1. The van der Waals surface area contributed by atoms with Gasteiger partial charge in [-0.25, -0.2) is 0 Å². The molecule has 2 N–H and O–H groups in total. The molecule has 1 saturated heterocycles. The minimum Gasteiger partial charge on any atom is -0.436 e. The molecule has 10 heavy (non-hydrogen) atoms. The Balaban J connectivity index is 2.59. The first-order valence-corrected chi connectivity index (χ1v) is 3.09. The summed E-state index contributed by atoms with van der Waals surface area (Å²) in [5.74, 6) is -0.552. The largest absolute Gasteiger partial charge is 0.436 e. The van der Waals surface area contributed by atoms with Gasteiger partial charge in [0.05, 0.1) is 12.0 Å². The fourth-order valence-corrected chi connectivity index (χ4v) is 0.994. The van der Waals surface area contributed by atoms with Gasteiger partial charge in [0.2, 0.25) is 6.29 Å². The van der Waals surface area contributed by atoms with Gasteiger partial charge in [-0.05, 0) is 6.92 Å². The molecule has 0 aromatic rings. The number of carbonyl (C=O) groups is 1. The van der Waals surface area contributed by atoms with Gasteiger partial charge in [-0.15, -0.1) is 0 Å². The van der Waals surface area contributed by atoms with Gasteiger partial charge in [0.25, 0.3) is 0 Å². The van der Waals surface area contributed by atoms with Crippen molar-refractivity contribution >= 4 is 5.97 Å². The molecular weight excluding hydrogens is 136 g/mol. The van der Waals surface area contributed by atoms with Crippen LogP contribution in [0.5, 0.6) is 0 Å². The van der Waals surface area contributed by atoms with E-state index in [1.807, 2.05) is 0 Å². The molecule has 4 nitrogen and oxygen atoms in total. The molecule has 1 rings (SSSR count). The number of aliphatic hydroxyl groups is 2. The molecule has 0 bridgehead atoms. The van der Waals surface area contributed by atoms with Gasteiger partial charge < -0.3 is 14.9 Å². The van der Waals surface area contributed by atoms with E-state index in [2.05, 4.69) is 4.74 Å². The third kappa shape index (κ3) is 1.68. The summed E-state index contributed by atoms with van der Waals surface area (Å²) in [5.41, 5.74) is -1.10. The van der Waals surface area contributed by atoms with Crippen molar-refractivity contribution in [1.82, 2.24) is 0 Å². The van der Waals surface area contributed by atoms with Crippen LogP contribution in [0.15, 0.2) is 0 Å². The van der Waals surface area contributed by atoms with Gasteiger partial charge in [-0.3, -0.25) is 4.79 Å². The molecule has 1 aliphatic rings. The van der Waals surface area contributed by atoms with Crippen LogP contribution >= 0.6 is 0 Å². The van der Waals surface area contributed by atoms with Gasteiger partial charge in [0.15, 0.2) is 0 Å². The lowest BCUT2D eigenvalue weighted by Crippen LogP contribution is -2.40. The zero-order chi connectivity index (χ0) is 7.78. The summed E-state index contributed by atoms with van der Waals surface area (Å²) in [5, 5.41) is 18.1. The third-order valence-electron chi connectivity index (χ3n) is 1.41. The molecule has 1 heterocycles. The van der Waals surface area contributed by atoms with Crippen molar-refractivity contribution in [3.8, 4) is 0 Å². The number of aliphatic hydroxyl groups excluding tert-OH is 1. The fourth-order valence-electron chi connectivity index (χ4n) is 0.994. The monoisotopic (exact) mass is 146 g/mol. The Hall–Kier alpha value is -0.610. The summed E-state index contributed by atoms with van der Waals surface area (Å²) in [6.07, 6.45) is -1.08. The molecule has 1 fully saturated rings. The minimum atomic E-state index is -1.14. The highest BCUT2D eigenvalue weighted by Crippen LogP contribution is 2.23. The van der Waals surface area contributed by atoms with Gasteiger partial charge >= 0.3 is 5.97 Å². The summed E-state index contributed by atoms with van der Waals surface area (Å²) >= 11 is 0. The first-order valence-electron chi connectivity index (χ1n) is 3.09. The highest BCUT2D eigenvalue weighted by atomic mass is 16.6. The molecule has 0 aromatic carbocycles. The van der Waals surface area contributed by atoms with Crippen molar-refractivity contribution in [2.75, 3.05) is 0 Å². The van der Waals surface area contributed by atoms with Crippen LogP contribution < -0.4 is 0 Å². The van der Waals surface area contributed by atoms with E-state index in [1.165, 1.54) is 6.92 Å². The summed E-state index contributed by atoms with van der Waals surface area (Å²) in [6.45, 7) is 1.50. The number of cyclic esters (lactones) is 1. The number of hydrogen-bond donors (Lipinski definition) is 2. The van der Waals surface area contributed by atoms with Crippen molar-refractivity contribution in [1.29, 1.82) is 0 Å². The lowest BCUT2D eigenvalue weighted by atomic mass is 9.96. The van der Waals surface area contributed by atoms with Crippen LogP contribution in [0.3, 0.4) is 0 Å². The average Bonchev–Trinajstić information content (AvgIpc) is 1.54. The Morgan fingerprint density at radius 3 is 2.80 bits per heavy atom. The van der Waals surface area contributed by atoms with E-state index in [0.29, 0.717) is 0 Å². The van der Waals surface area contributed by atoms with Crippen molar-refractivity contribution in [2.45, 2.75) is 31.7 Å². The van der Waals surface area contributed by atoms with Crippen LogP contribution in [-0.4, -0.2) is 28.1 Å². The average molecular weight is 146 g/mol. The van der Waals surface area contributed by atoms with Crippen molar-refractivity contribution < 1.29 is 19.7 Å². The highest BCUT2D eigenvalue weighted by molar-refractivity contribution is 5.71. The Kier molecular flexibility index (Phi) is 1.66.